The molecule has 5 heteroatoms. The predicted octanol–water partition coefficient (Wildman–Crippen LogP) is 3.59. The molecule has 0 bridgehead atoms. The summed E-state index contributed by atoms with van der Waals surface area (Å²) >= 11 is 3.51. The lowest BCUT2D eigenvalue weighted by molar-refractivity contribution is 0.173. The fraction of sp³-hybridized carbons (Fsp3) is 0.500. The molecule has 3 rings (SSSR count). The van der Waals surface area contributed by atoms with Crippen LogP contribution in [-0.4, -0.2) is 12.9 Å². The van der Waals surface area contributed by atoms with Crippen LogP contribution in [0.5, 0.6) is 11.5 Å². The highest BCUT2D eigenvalue weighted by molar-refractivity contribution is 9.10. The molecule has 1 fully saturated rings. The first kappa shape index (κ1) is 12.7. The van der Waals surface area contributed by atoms with Crippen LogP contribution in [0.25, 0.3) is 0 Å². The Morgan fingerprint density at radius 2 is 2.00 bits per heavy atom. The third-order valence-electron chi connectivity index (χ3n) is 4.04. The van der Waals surface area contributed by atoms with E-state index in [4.69, 9.17) is 9.47 Å². The van der Waals surface area contributed by atoms with Gasteiger partial charge in [-0.05, 0) is 47.3 Å². The Bertz CT molecular complexity index is 573. The predicted molar refractivity (Wildman–Crippen MR) is 73.3 cm³/mol. The van der Waals surface area contributed by atoms with Crippen LogP contribution in [0.3, 0.4) is 0 Å². The van der Waals surface area contributed by atoms with Gasteiger partial charge in [-0.2, -0.15) is 4.99 Å². The molecule has 1 heterocycles. The highest BCUT2D eigenvalue weighted by Gasteiger charge is 2.39. The van der Waals surface area contributed by atoms with Crippen molar-refractivity contribution >= 4 is 22.0 Å². The number of nitrogens with zero attached hydrogens (tertiary/aromatic N) is 1. The van der Waals surface area contributed by atoms with E-state index in [9.17, 15) is 4.79 Å². The zero-order valence-electron chi connectivity index (χ0n) is 10.7. The van der Waals surface area contributed by atoms with Crippen molar-refractivity contribution in [2.75, 3.05) is 6.79 Å². The molecule has 0 saturated heterocycles. The zero-order valence-corrected chi connectivity index (χ0v) is 12.2. The molecular weight excluding hydrogens is 310 g/mol. The lowest BCUT2D eigenvalue weighted by Crippen LogP contribution is -2.20. The van der Waals surface area contributed by atoms with Crippen molar-refractivity contribution in [2.24, 2.45) is 4.99 Å². The third kappa shape index (κ3) is 1.88. The summed E-state index contributed by atoms with van der Waals surface area (Å²) in [7, 11) is 0. The van der Waals surface area contributed by atoms with Crippen LogP contribution >= 0.6 is 15.9 Å². The number of hydrogen-bond donors (Lipinski definition) is 0. The molecule has 0 radical (unpaired) electrons. The number of ether oxygens (including phenoxy) is 2. The van der Waals surface area contributed by atoms with E-state index in [1.807, 2.05) is 13.0 Å². The maximum absolute atomic E-state index is 10.8. The Kier molecular flexibility index (Phi) is 3.11. The molecule has 1 aromatic rings. The minimum Gasteiger partial charge on any atom is -0.453 e. The van der Waals surface area contributed by atoms with E-state index in [1.165, 1.54) is 0 Å². The molecule has 1 aromatic carbocycles. The molecule has 0 amide bonds. The van der Waals surface area contributed by atoms with E-state index in [0.717, 1.165) is 52.8 Å². The van der Waals surface area contributed by atoms with Gasteiger partial charge in [-0.15, -0.1) is 0 Å². The van der Waals surface area contributed by atoms with Crippen molar-refractivity contribution in [1.82, 2.24) is 0 Å². The van der Waals surface area contributed by atoms with Crippen molar-refractivity contribution in [3.63, 3.8) is 0 Å². The first-order valence-electron chi connectivity index (χ1n) is 6.36. The van der Waals surface area contributed by atoms with Gasteiger partial charge in [-0.3, -0.25) is 0 Å². The van der Waals surface area contributed by atoms with Crippen LogP contribution < -0.4 is 9.47 Å². The maximum atomic E-state index is 10.8. The molecule has 0 aromatic heterocycles. The molecule has 1 aliphatic carbocycles. The topological polar surface area (TPSA) is 47.9 Å². The summed E-state index contributed by atoms with van der Waals surface area (Å²) in [6, 6.07) is 2.01. The van der Waals surface area contributed by atoms with Gasteiger partial charge < -0.3 is 9.47 Å². The van der Waals surface area contributed by atoms with Gasteiger partial charge in [0.05, 0.1) is 10.0 Å². The Balaban J connectivity index is 2.20. The number of halogens is 1. The Hall–Kier alpha value is -1.32. The van der Waals surface area contributed by atoms with E-state index in [1.54, 1.807) is 6.08 Å². The number of hydrogen-bond acceptors (Lipinski definition) is 4. The molecule has 4 nitrogen and oxygen atoms in total. The molecule has 0 atom stereocenters. The summed E-state index contributed by atoms with van der Waals surface area (Å²) in [5.74, 6) is 1.50. The van der Waals surface area contributed by atoms with Crippen LogP contribution in [0.2, 0.25) is 0 Å². The molecule has 0 N–H and O–H groups in total. The van der Waals surface area contributed by atoms with E-state index in [-0.39, 0.29) is 6.79 Å². The number of aliphatic imine (C=N–C) groups is 1. The third-order valence-corrected chi connectivity index (χ3v) is 4.63. The van der Waals surface area contributed by atoms with Gasteiger partial charge in [-0.1, -0.05) is 12.8 Å². The smallest absolute Gasteiger partial charge is 0.235 e. The van der Waals surface area contributed by atoms with Gasteiger partial charge in [0.1, 0.15) is 0 Å². The van der Waals surface area contributed by atoms with Crippen LogP contribution in [0, 0.1) is 6.92 Å². The van der Waals surface area contributed by atoms with E-state index >= 15 is 0 Å². The fourth-order valence-corrected chi connectivity index (χ4v) is 3.65. The van der Waals surface area contributed by atoms with Crippen LogP contribution in [-0.2, 0) is 10.3 Å². The Morgan fingerprint density at radius 3 is 2.68 bits per heavy atom. The van der Waals surface area contributed by atoms with E-state index in [2.05, 4.69) is 20.9 Å². The van der Waals surface area contributed by atoms with Crippen molar-refractivity contribution in [3.8, 4) is 11.5 Å². The lowest BCUT2D eigenvalue weighted by atomic mass is 9.85. The average Bonchev–Trinajstić information content (AvgIpc) is 3.03. The Labute approximate surface area is 119 Å². The summed E-state index contributed by atoms with van der Waals surface area (Å²) in [6.07, 6.45) is 5.68. The van der Waals surface area contributed by atoms with Crippen molar-refractivity contribution in [2.45, 2.75) is 38.1 Å². The van der Waals surface area contributed by atoms with Crippen molar-refractivity contribution < 1.29 is 14.3 Å². The molecule has 0 unspecified atom stereocenters. The monoisotopic (exact) mass is 323 g/mol. The number of benzene rings is 1. The minimum absolute atomic E-state index is 0.238. The number of isocyanates is 1. The SMILES string of the molecule is Cc1c(C2(N=C=O)CCCC2)cc(Br)c2c1OCO2. The second-order valence-corrected chi connectivity index (χ2v) is 5.89. The Morgan fingerprint density at radius 1 is 1.32 bits per heavy atom. The maximum Gasteiger partial charge on any atom is 0.235 e. The molecule has 2 aliphatic rings. The highest BCUT2D eigenvalue weighted by atomic mass is 79.9. The summed E-state index contributed by atoms with van der Waals surface area (Å²) in [5, 5.41) is 0. The summed E-state index contributed by atoms with van der Waals surface area (Å²) in [6.45, 7) is 2.23. The summed E-state index contributed by atoms with van der Waals surface area (Å²) in [4.78, 5) is 14.9. The van der Waals surface area contributed by atoms with Gasteiger partial charge >= 0.3 is 0 Å². The lowest BCUT2D eigenvalue weighted by Gasteiger charge is -2.25. The molecule has 19 heavy (non-hydrogen) atoms. The zero-order chi connectivity index (χ0) is 13.5. The van der Waals surface area contributed by atoms with Gasteiger partial charge in [0.25, 0.3) is 0 Å². The molecule has 1 aliphatic heterocycles. The molecule has 1 saturated carbocycles. The van der Waals surface area contributed by atoms with Gasteiger partial charge in [0.2, 0.25) is 12.9 Å². The quantitative estimate of drug-likeness (QED) is 0.617. The largest absolute Gasteiger partial charge is 0.453 e. The first-order valence-corrected chi connectivity index (χ1v) is 7.15. The van der Waals surface area contributed by atoms with E-state index in [0.29, 0.717) is 0 Å². The number of rotatable bonds is 2. The van der Waals surface area contributed by atoms with Crippen LogP contribution in [0.15, 0.2) is 15.5 Å². The van der Waals surface area contributed by atoms with Gasteiger partial charge in [0.15, 0.2) is 11.5 Å². The normalized spacial score (nSPS) is 19.3. The van der Waals surface area contributed by atoms with Crippen molar-refractivity contribution in [3.05, 3.63) is 21.7 Å². The molecule has 100 valence electrons. The average molecular weight is 324 g/mol. The van der Waals surface area contributed by atoms with Gasteiger partial charge in [-0.25, -0.2) is 4.79 Å². The number of fused-ring (bicyclic) bond motifs is 1. The number of carbonyl (C=O) groups excluding carboxylic acids is 1. The fourth-order valence-electron chi connectivity index (χ4n) is 3.13. The molecular formula is C14H14BrNO3. The van der Waals surface area contributed by atoms with Crippen molar-refractivity contribution in [1.29, 1.82) is 0 Å². The summed E-state index contributed by atoms with van der Waals surface area (Å²) < 4.78 is 11.8. The standard InChI is InChI=1S/C14H14BrNO3/c1-9-10(14(16-7-17)4-2-3-5-14)6-11(15)13-12(9)18-8-19-13/h6H,2-5,8H2,1H3. The second kappa shape index (κ2) is 4.66. The first-order chi connectivity index (χ1) is 9.18. The minimum atomic E-state index is -0.435. The van der Waals surface area contributed by atoms with Crippen LogP contribution in [0.1, 0.15) is 36.8 Å². The second-order valence-electron chi connectivity index (χ2n) is 5.04. The van der Waals surface area contributed by atoms with Gasteiger partial charge in [0, 0.05) is 5.56 Å². The highest BCUT2D eigenvalue weighted by Crippen LogP contribution is 2.50. The summed E-state index contributed by atoms with van der Waals surface area (Å²) in [5.41, 5.74) is 1.62. The van der Waals surface area contributed by atoms with E-state index < -0.39 is 5.54 Å². The van der Waals surface area contributed by atoms with Crippen LogP contribution in [0.4, 0.5) is 0 Å². The molecule has 0 spiro atoms.